The maximum atomic E-state index is 7.57. The molecule has 0 spiro atoms. The summed E-state index contributed by atoms with van der Waals surface area (Å²) >= 11 is 0. The van der Waals surface area contributed by atoms with Gasteiger partial charge < -0.3 is 25.2 Å². The van der Waals surface area contributed by atoms with E-state index in [1.807, 2.05) is 7.11 Å². The van der Waals surface area contributed by atoms with Gasteiger partial charge in [0, 0.05) is 46.5 Å². The Morgan fingerprint density at radius 1 is 0.857 bits per heavy atom. The summed E-state index contributed by atoms with van der Waals surface area (Å²) in [6, 6.07) is 0. The number of aliphatic hydroxyl groups excluding tert-OH is 4. The lowest BCUT2D eigenvalue weighted by molar-refractivity contribution is -0.0601. The Labute approximate surface area is 344 Å². The maximum absolute atomic E-state index is 7.57. The molecule has 4 N–H and O–H groups in total. The predicted molar refractivity (Wildman–Crippen MR) is 243 cm³/mol. The topological polar surface area (TPSA) is 139 Å². The van der Waals surface area contributed by atoms with E-state index in [9.17, 15) is 0 Å². The molecule has 4 rings (SSSR count). The number of rotatable bonds is 6. The highest BCUT2D eigenvalue weighted by Crippen LogP contribution is 2.67. The van der Waals surface area contributed by atoms with Crippen molar-refractivity contribution in [3.8, 4) is 0 Å². The molecule has 14 heteroatoms. The molecular weight excluding hydrogens is 735 g/mol. The first-order valence-electron chi connectivity index (χ1n) is 16.8. The van der Waals surface area contributed by atoms with E-state index in [1.54, 1.807) is 19.4 Å². The normalized spacial score (nSPS) is 28.2. The highest BCUT2D eigenvalue weighted by molar-refractivity contribution is 7.60. The molecule has 0 saturated heterocycles. The van der Waals surface area contributed by atoms with Crippen LogP contribution < -0.4 is 0 Å². The van der Waals surface area contributed by atoms with Crippen LogP contribution in [-0.2, 0) is 4.74 Å². The van der Waals surface area contributed by atoms with Crippen molar-refractivity contribution in [3.05, 3.63) is 22.1 Å². The lowest BCUT2D eigenvalue weighted by Crippen LogP contribution is -2.50. The van der Waals surface area contributed by atoms with Crippen LogP contribution in [0.15, 0.2) is 16.8 Å². The first-order chi connectivity index (χ1) is 20.5. The number of hydrogen-bond acceptors (Lipinski definition) is 6. The average Bonchev–Trinajstić information content (AvgIpc) is 3.37. The van der Waals surface area contributed by atoms with Crippen molar-refractivity contribution < 1.29 is 25.2 Å². The fourth-order valence-corrected chi connectivity index (χ4v) is 8.85. The van der Waals surface area contributed by atoms with E-state index in [0.717, 1.165) is 49.7 Å². The van der Waals surface area contributed by atoms with Gasteiger partial charge in [-0.05, 0) is 117 Å². The summed E-state index contributed by atoms with van der Waals surface area (Å²) in [4.78, 5) is 2.36. The first kappa shape index (κ1) is 68.0. The molecular formula is C35H83N3O5S6. The van der Waals surface area contributed by atoms with Gasteiger partial charge in [-0.15, -0.1) is 0 Å². The fraction of sp³-hybridized carbons (Fsp3) is 0.943. The summed E-state index contributed by atoms with van der Waals surface area (Å²) in [7, 11) is 5.30. The van der Waals surface area contributed by atoms with Crippen LogP contribution in [0.1, 0.15) is 119 Å². The largest absolute Gasteiger partial charge is 0.400 e. The molecule has 49 heavy (non-hydrogen) atoms. The monoisotopic (exact) mass is 817 g/mol. The molecule has 4 aliphatic carbocycles. The Hall–Kier alpha value is 0.950. The summed E-state index contributed by atoms with van der Waals surface area (Å²) < 4.78 is 5.75. The van der Waals surface area contributed by atoms with Crippen LogP contribution in [0.4, 0.5) is 0 Å². The molecule has 0 aromatic heterocycles. The first-order valence-corrected chi connectivity index (χ1v) is 16.8. The Kier molecular flexibility index (Phi) is 53.7. The fourth-order valence-electron chi connectivity index (χ4n) is 8.85. The number of methoxy groups -OCH3 is 1. The minimum absolute atomic E-state index is 0. The van der Waals surface area contributed by atoms with E-state index in [0.29, 0.717) is 16.9 Å². The maximum Gasteiger partial charge on any atom is 0.0608 e. The standard InChI is InChI=1S/C28H48O.2C2H6O.CH3N3.2CH4O.6H2S/c1-19(2)8-7-9-20(3)24-12-13-25-23-11-10-21-18-22(29-6)14-16-27(21,4)26(23)15-17-28(24,25)5;2*1-2-3;1-3-4-2;2*1-2;;;;;;/h10,19-20,22-26H,7-9,11-18H2,1-6H3;2*3H,2H2,1H3;1H3;2*2H,1H3;6*1H2. The summed E-state index contributed by atoms with van der Waals surface area (Å²) in [5, 5.41) is 32.1. The van der Waals surface area contributed by atoms with E-state index < -0.39 is 0 Å². The third kappa shape index (κ3) is 20.8. The SMILES string of the molecule is CCO.CCO.CN=[N+]=[N-].CO.CO.COC1CCC2(C)C(=CCC3C2CCC2(C)C(C(C)CCCC(C)C)CCC32)C1.S.S.S.S.S.S. The molecule has 0 bridgehead atoms. The molecule has 0 amide bonds. The van der Waals surface area contributed by atoms with E-state index in [2.05, 4.69) is 50.7 Å². The second kappa shape index (κ2) is 38.7. The molecule has 3 fully saturated rings. The molecule has 0 aromatic carbocycles. The smallest absolute Gasteiger partial charge is 0.0608 e. The molecule has 8 nitrogen and oxygen atoms in total. The van der Waals surface area contributed by atoms with Crippen molar-refractivity contribution in [2.24, 2.45) is 51.5 Å². The zero-order valence-electron chi connectivity index (χ0n) is 32.8. The van der Waals surface area contributed by atoms with Crippen LogP contribution in [0, 0.1) is 46.3 Å². The van der Waals surface area contributed by atoms with E-state index in [4.69, 9.17) is 30.7 Å². The Morgan fingerprint density at radius 2 is 1.35 bits per heavy atom. The number of fused-ring (bicyclic) bond motifs is 5. The van der Waals surface area contributed by atoms with E-state index in [1.165, 1.54) is 77.7 Å². The van der Waals surface area contributed by atoms with E-state index >= 15 is 0 Å². The Morgan fingerprint density at radius 3 is 1.78 bits per heavy atom. The summed E-state index contributed by atoms with van der Waals surface area (Å²) in [5.74, 6) is 5.63. The number of azide groups is 1. The second-order valence-electron chi connectivity index (χ2n) is 13.3. The van der Waals surface area contributed by atoms with Crippen LogP contribution in [0.5, 0.6) is 0 Å². The summed E-state index contributed by atoms with van der Waals surface area (Å²) in [5.41, 5.74) is 10.2. The van der Waals surface area contributed by atoms with Gasteiger partial charge in [0.25, 0.3) is 0 Å². The van der Waals surface area contributed by atoms with Crippen molar-refractivity contribution in [2.45, 2.75) is 125 Å². The van der Waals surface area contributed by atoms with Crippen molar-refractivity contribution in [1.29, 1.82) is 0 Å². The third-order valence-corrected chi connectivity index (χ3v) is 10.7. The number of allylic oxidation sites excluding steroid dienone is 1. The molecule has 4 aliphatic rings. The highest BCUT2D eigenvalue weighted by atomic mass is 32.1. The quantitative estimate of drug-likeness (QED) is 0.0919. The van der Waals surface area contributed by atoms with Crippen LogP contribution in [0.2, 0.25) is 0 Å². The number of nitrogens with zero attached hydrogens (tertiary/aromatic N) is 3. The predicted octanol–water partition coefficient (Wildman–Crippen LogP) is 8.86. The molecule has 3 saturated carbocycles. The zero-order valence-corrected chi connectivity index (χ0v) is 38.8. The van der Waals surface area contributed by atoms with Crippen LogP contribution >= 0.6 is 81.0 Å². The number of ether oxygens (including phenoxy) is 1. The minimum atomic E-state index is 0. The molecule has 0 heterocycles. The highest BCUT2D eigenvalue weighted by Gasteiger charge is 2.59. The van der Waals surface area contributed by atoms with Gasteiger partial charge in [-0.3, -0.25) is 0 Å². The molecule has 8 unspecified atom stereocenters. The van der Waals surface area contributed by atoms with Crippen LogP contribution in [-0.4, -0.2) is 68.1 Å². The number of hydrogen-bond donors (Lipinski definition) is 4. The second-order valence-corrected chi connectivity index (χ2v) is 13.3. The van der Waals surface area contributed by atoms with Crippen molar-refractivity contribution in [1.82, 2.24) is 0 Å². The van der Waals surface area contributed by atoms with Crippen molar-refractivity contribution in [2.75, 3.05) is 41.6 Å². The molecule has 8 atom stereocenters. The van der Waals surface area contributed by atoms with Gasteiger partial charge in [0.1, 0.15) is 0 Å². The Balaban J connectivity index is -0.000000123. The lowest BCUT2D eigenvalue weighted by atomic mass is 9.47. The van der Waals surface area contributed by atoms with Gasteiger partial charge in [0.2, 0.25) is 0 Å². The van der Waals surface area contributed by atoms with E-state index in [-0.39, 0.29) is 94.2 Å². The number of aliphatic hydroxyl groups is 4. The molecule has 0 aliphatic heterocycles. The van der Waals surface area contributed by atoms with Crippen molar-refractivity contribution in [3.63, 3.8) is 0 Å². The summed E-state index contributed by atoms with van der Waals surface area (Å²) in [6.07, 6.45) is 18.7. The van der Waals surface area contributed by atoms with Gasteiger partial charge in [-0.25, -0.2) is 0 Å². The Bertz CT molecular complexity index is 797. The third-order valence-electron chi connectivity index (χ3n) is 10.7. The van der Waals surface area contributed by atoms with Gasteiger partial charge >= 0.3 is 0 Å². The lowest BCUT2D eigenvalue weighted by Gasteiger charge is -2.58. The molecule has 304 valence electrons. The van der Waals surface area contributed by atoms with Crippen LogP contribution in [0.25, 0.3) is 10.4 Å². The van der Waals surface area contributed by atoms with Gasteiger partial charge in [0.15, 0.2) is 0 Å². The molecule has 0 radical (unpaired) electrons. The average molecular weight is 818 g/mol. The van der Waals surface area contributed by atoms with Crippen molar-refractivity contribution >= 4 is 81.0 Å². The minimum Gasteiger partial charge on any atom is -0.400 e. The van der Waals surface area contributed by atoms with Gasteiger partial charge in [0.05, 0.1) is 6.10 Å². The zero-order chi connectivity index (χ0) is 33.6. The summed E-state index contributed by atoms with van der Waals surface area (Å²) in [6.45, 7) is 16.6. The van der Waals surface area contributed by atoms with Gasteiger partial charge in [-0.2, -0.15) is 81.0 Å². The molecule has 0 aromatic rings. The van der Waals surface area contributed by atoms with Gasteiger partial charge in [-0.1, -0.05) is 70.6 Å². The van der Waals surface area contributed by atoms with Crippen LogP contribution in [0.3, 0.4) is 0 Å².